The number of amidine groups is 2. The van der Waals surface area contributed by atoms with Crippen LogP contribution in [0.4, 0.5) is 26.3 Å². The first kappa shape index (κ1) is 48.4. The molecule has 0 bridgehead atoms. The first-order valence-corrected chi connectivity index (χ1v) is 23.2. The zero-order chi connectivity index (χ0) is 50.1. The Labute approximate surface area is 398 Å². The summed E-state index contributed by atoms with van der Waals surface area (Å²) in [4.78, 5) is 0.428. The van der Waals surface area contributed by atoms with E-state index in [0.717, 1.165) is 22.7 Å². The summed E-state index contributed by atoms with van der Waals surface area (Å²) in [5.41, 5.74) is -6.49. The summed E-state index contributed by atoms with van der Waals surface area (Å²) in [6.45, 7) is 17.5. The van der Waals surface area contributed by atoms with Crippen molar-refractivity contribution in [2.45, 2.75) is 116 Å². The molecule has 352 valence electrons. The average molecular weight is 969 g/mol. The molecule has 2 aromatic heterocycles. The molecule has 68 heavy (non-hydrogen) atoms. The Balaban J connectivity index is 1.30. The van der Waals surface area contributed by atoms with Crippen LogP contribution in [0.25, 0.3) is 21.6 Å². The number of aryl methyl sites for hydroxylation is 1. The minimum Gasteiger partial charge on any atom is -0.714 e. The highest BCUT2D eigenvalue weighted by Gasteiger charge is 2.81. The Bertz CT molecular complexity index is 3140. The molecule has 0 unspecified atom stereocenters. The number of hydrogen-bond acceptors (Lipinski definition) is 6. The van der Waals surface area contributed by atoms with Gasteiger partial charge in [0.2, 0.25) is 0 Å². The van der Waals surface area contributed by atoms with E-state index in [1.807, 2.05) is 0 Å². The topological polar surface area (TPSA) is 98.4 Å². The fourth-order valence-corrected chi connectivity index (χ4v) is 10.8. The molecular formula is C52H46F6N4O4S2. The summed E-state index contributed by atoms with van der Waals surface area (Å²) in [5, 5.41) is 54.5. The Kier molecular flexibility index (Phi) is 11.2. The van der Waals surface area contributed by atoms with Gasteiger partial charge < -0.3 is 10.4 Å². The SMILES string of the molecule is Cc1sc(-c2ccccc2)c(C)c1C1=C(c2c(C#Cc3ccc(C4=[N+]([O-])C(C)(C)C(C)(C)N4[O])cc3)sc(C#Cc3ccc(C4=[N+]([O-])C(C)(C)C(C)(C)N4[O])cc3)c2C)C(F)(F)C(F)(F)C1(F)F. The Morgan fingerprint density at radius 2 is 0.926 bits per heavy atom. The molecule has 2 aliphatic heterocycles. The van der Waals surface area contributed by atoms with Gasteiger partial charge in [0.25, 0.3) is 0 Å². The second-order valence-electron chi connectivity index (χ2n) is 19.3. The van der Waals surface area contributed by atoms with Gasteiger partial charge in [0.1, 0.15) is 11.1 Å². The number of benzene rings is 3. The van der Waals surface area contributed by atoms with Crippen molar-refractivity contribution in [2.24, 2.45) is 0 Å². The summed E-state index contributed by atoms with van der Waals surface area (Å²) in [5.74, 6) is -5.31. The van der Waals surface area contributed by atoms with E-state index in [1.165, 1.54) is 57.2 Å². The third kappa shape index (κ3) is 6.73. The number of allylic oxidation sites excluding steroid dienone is 2. The van der Waals surface area contributed by atoms with Crippen molar-refractivity contribution in [3.05, 3.63) is 148 Å². The molecule has 2 radical (unpaired) electrons. The summed E-state index contributed by atoms with van der Waals surface area (Å²) in [6, 6.07) is 20.7. The molecule has 1 aliphatic carbocycles. The molecule has 0 N–H and O–H groups in total. The van der Waals surface area contributed by atoms with E-state index < -0.39 is 62.2 Å². The van der Waals surface area contributed by atoms with E-state index in [1.54, 1.807) is 97.9 Å². The van der Waals surface area contributed by atoms with Crippen LogP contribution >= 0.6 is 22.7 Å². The van der Waals surface area contributed by atoms with Crippen LogP contribution in [0.2, 0.25) is 0 Å². The van der Waals surface area contributed by atoms with Crippen molar-refractivity contribution < 1.29 is 46.2 Å². The normalized spacial score (nSPS) is 20.5. The molecule has 16 heteroatoms. The van der Waals surface area contributed by atoms with Crippen LogP contribution in [-0.4, -0.2) is 71.2 Å². The van der Waals surface area contributed by atoms with Crippen LogP contribution in [0.1, 0.15) is 115 Å². The first-order valence-electron chi connectivity index (χ1n) is 21.5. The van der Waals surface area contributed by atoms with Crippen LogP contribution in [0.3, 0.4) is 0 Å². The average Bonchev–Trinajstić information content (AvgIpc) is 3.85. The summed E-state index contributed by atoms with van der Waals surface area (Å²) < 4.78 is 99.6. The minimum absolute atomic E-state index is 0.0766. The van der Waals surface area contributed by atoms with Gasteiger partial charge in [0.15, 0.2) is 11.1 Å². The van der Waals surface area contributed by atoms with Crippen molar-refractivity contribution in [1.29, 1.82) is 0 Å². The van der Waals surface area contributed by atoms with Gasteiger partial charge in [-0.2, -0.15) is 26.3 Å². The van der Waals surface area contributed by atoms with Gasteiger partial charge in [-0.1, -0.05) is 58.2 Å². The van der Waals surface area contributed by atoms with E-state index in [9.17, 15) is 20.8 Å². The molecule has 3 aliphatic rings. The highest BCUT2D eigenvalue weighted by molar-refractivity contribution is 7.16. The quantitative estimate of drug-likeness (QED) is 0.0758. The molecule has 5 aromatic rings. The summed E-state index contributed by atoms with van der Waals surface area (Å²) >= 11 is 1.80. The molecule has 3 aromatic carbocycles. The molecule has 0 atom stereocenters. The molecule has 0 spiro atoms. The number of hydrogen-bond donors (Lipinski definition) is 0. The third-order valence-electron chi connectivity index (χ3n) is 14.4. The maximum Gasteiger partial charge on any atom is 0.380 e. The number of halogens is 6. The lowest BCUT2D eigenvalue weighted by atomic mass is 9.84. The number of thiophene rings is 2. The molecular weight excluding hydrogens is 923 g/mol. The maximum absolute atomic E-state index is 16.7. The summed E-state index contributed by atoms with van der Waals surface area (Å²) in [7, 11) is 0. The first-order chi connectivity index (χ1) is 31.5. The van der Waals surface area contributed by atoms with Crippen molar-refractivity contribution in [1.82, 2.24) is 10.1 Å². The second kappa shape index (κ2) is 15.8. The van der Waals surface area contributed by atoms with E-state index in [4.69, 9.17) is 0 Å². The van der Waals surface area contributed by atoms with Crippen LogP contribution in [0.15, 0.2) is 78.9 Å². The highest BCUT2D eigenvalue weighted by Crippen LogP contribution is 2.67. The summed E-state index contributed by atoms with van der Waals surface area (Å²) in [6.07, 6.45) is 0. The standard InChI is InChI=1S/C52H46F6N4O4S2/c1-29-37(27-21-32-17-23-35(24-18-32)44-59(63)46(4,5)47(6,7)60(44)64)68-38(28-22-33-19-25-36(26-20-33)45-61(65)48(8,9)49(10,11)62(45)66)40(29)42-41(50(53,54)52(57,58)51(42,55)56)39-30(2)43(67-31(39)3)34-15-13-12-14-16-34/h12-20,23-26H,1-11H3. The second-order valence-corrected chi connectivity index (χ2v) is 21.5. The van der Waals surface area contributed by atoms with Crippen LogP contribution in [0, 0.1) is 54.9 Å². The van der Waals surface area contributed by atoms with Crippen molar-refractivity contribution in [3.8, 4) is 34.1 Å². The fraction of sp³-hybridized carbons (Fsp3) is 0.346. The van der Waals surface area contributed by atoms with Gasteiger partial charge in [-0.3, -0.25) is 9.48 Å². The van der Waals surface area contributed by atoms with Crippen molar-refractivity contribution in [2.75, 3.05) is 0 Å². The molecule has 0 amide bonds. The van der Waals surface area contributed by atoms with Crippen LogP contribution < -0.4 is 0 Å². The van der Waals surface area contributed by atoms with E-state index in [-0.39, 0.29) is 48.6 Å². The van der Waals surface area contributed by atoms with Crippen molar-refractivity contribution >= 4 is 45.5 Å². The van der Waals surface area contributed by atoms with E-state index >= 15 is 26.3 Å². The molecule has 0 fully saturated rings. The zero-order valence-corrected chi connectivity index (χ0v) is 40.6. The van der Waals surface area contributed by atoms with Gasteiger partial charge in [-0.05, 0) is 147 Å². The lowest BCUT2D eigenvalue weighted by Gasteiger charge is -2.32. The zero-order valence-electron chi connectivity index (χ0n) is 39.0. The van der Waals surface area contributed by atoms with Crippen molar-refractivity contribution in [3.63, 3.8) is 0 Å². The largest absolute Gasteiger partial charge is 0.714 e. The molecule has 0 saturated carbocycles. The lowest BCUT2D eigenvalue weighted by molar-refractivity contribution is -0.539. The molecule has 8 rings (SSSR count). The minimum atomic E-state index is -5.85. The fourth-order valence-electron chi connectivity index (χ4n) is 8.65. The number of hydroxylamine groups is 6. The monoisotopic (exact) mass is 968 g/mol. The Hall–Kier alpha value is -6.04. The molecule has 4 heterocycles. The predicted molar refractivity (Wildman–Crippen MR) is 252 cm³/mol. The Morgan fingerprint density at radius 1 is 0.515 bits per heavy atom. The third-order valence-corrected chi connectivity index (χ3v) is 16.8. The highest BCUT2D eigenvalue weighted by atomic mass is 32.1. The van der Waals surface area contributed by atoms with Gasteiger partial charge in [-0.25, -0.2) is 0 Å². The molecule has 0 saturated heterocycles. The number of alkyl halides is 6. The number of nitrogens with zero attached hydrogens (tertiary/aromatic N) is 4. The smallest absolute Gasteiger partial charge is 0.380 e. The van der Waals surface area contributed by atoms with E-state index in [2.05, 4.69) is 23.7 Å². The predicted octanol–water partition coefficient (Wildman–Crippen LogP) is 12.0. The van der Waals surface area contributed by atoms with Gasteiger partial charge in [0, 0.05) is 53.6 Å². The van der Waals surface area contributed by atoms with Crippen LogP contribution in [-0.2, 0) is 10.4 Å². The maximum atomic E-state index is 16.7. The van der Waals surface area contributed by atoms with Gasteiger partial charge >= 0.3 is 29.4 Å². The van der Waals surface area contributed by atoms with Gasteiger partial charge in [-0.15, -0.1) is 22.7 Å². The van der Waals surface area contributed by atoms with Gasteiger partial charge in [0.05, 0.1) is 20.9 Å². The van der Waals surface area contributed by atoms with E-state index in [0.29, 0.717) is 41.2 Å². The lowest BCUT2D eigenvalue weighted by Crippen LogP contribution is -2.53. The number of rotatable bonds is 5. The molecule has 8 nitrogen and oxygen atoms in total. The van der Waals surface area contributed by atoms with Crippen LogP contribution in [0.5, 0.6) is 0 Å². The Morgan fingerprint density at radius 3 is 1.34 bits per heavy atom.